The lowest BCUT2D eigenvalue weighted by atomic mass is 10.1. The van der Waals surface area contributed by atoms with Crippen molar-refractivity contribution in [2.45, 2.75) is 26.8 Å². The van der Waals surface area contributed by atoms with E-state index in [0.29, 0.717) is 17.9 Å². The highest BCUT2D eigenvalue weighted by Crippen LogP contribution is 2.19. The summed E-state index contributed by atoms with van der Waals surface area (Å²) in [6, 6.07) is 11.1. The Labute approximate surface area is 159 Å². The number of aryl methyl sites for hydroxylation is 1. The van der Waals surface area contributed by atoms with E-state index in [1.54, 1.807) is 12.1 Å². The minimum Gasteiger partial charge on any atom is -0.356 e. The maximum absolute atomic E-state index is 12.3. The fourth-order valence-electron chi connectivity index (χ4n) is 3.18. The third-order valence-electron chi connectivity index (χ3n) is 4.66. The second-order valence-electron chi connectivity index (χ2n) is 6.83. The summed E-state index contributed by atoms with van der Waals surface area (Å²) in [5.74, 6) is 0.442. The van der Waals surface area contributed by atoms with Crippen LogP contribution in [-0.4, -0.2) is 46.5 Å². The van der Waals surface area contributed by atoms with Crippen molar-refractivity contribution in [3.63, 3.8) is 0 Å². The maximum Gasteiger partial charge on any atom is 0.256 e. The summed E-state index contributed by atoms with van der Waals surface area (Å²) in [6.07, 6.45) is 0.893. The number of benzene rings is 1. The van der Waals surface area contributed by atoms with Gasteiger partial charge in [0, 0.05) is 25.2 Å². The lowest BCUT2D eigenvalue weighted by Crippen LogP contribution is -2.32. The molecule has 0 aliphatic carbocycles. The van der Waals surface area contributed by atoms with Crippen LogP contribution >= 0.6 is 0 Å². The van der Waals surface area contributed by atoms with Crippen LogP contribution in [0.1, 0.15) is 35.0 Å². The van der Waals surface area contributed by atoms with E-state index in [1.165, 1.54) is 0 Å². The van der Waals surface area contributed by atoms with Gasteiger partial charge in [-0.3, -0.25) is 14.5 Å². The normalized spacial score (nSPS) is 16.9. The van der Waals surface area contributed by atoms with Crippen molar-refractivity contribution in [1.29, 1.82) is 0 Å². The average molecular weight is 367 g/mol. The van der Waals surface area contributed by atoms with E-state index in [1.807, 2.05) is 38.1 Å². The largest absolute Gasteiger partial charge is 0.356 e. The molecule has 142 valence electrons. The summed E-state index contributed by atoms with van der Waals surface area (Å²) in [5.41, 5.74) is 2.50. The smallest absolute Gasteiger partial charge is 0.256 e. The van der Waals surface area contributed by atoms with Crippen molar-refractivity contribution < 1.29 is 9.59 Å². The van der Waals surface area contributed by atoms with Crippen LogP contribution in [0.15, 0.2) is 36.4 Å². The Bertz CT molecular complexity index is 789. The molecular formula is C20H25N5O2. The Balaban J connectivity index is 1.53. The number of nitrogens with one attached hydrogen (secondary N) is 2. The molecule has 0 spiro atoms. The minimum atomic E-state index is -0.211. The highest BCUT2D eigenvalue weighted by Gasteiger charge is 2.27. The molecule has 2 heterocycles. The number of rotatable bonds is 6. The van der Waals surface area contributed by atoms with Crippen molar-refractivity contribution in [3.8, 4) is 0 Å². The van der Waals surface area contributed by atoms with Gasteiger partial charge in [-0.2, -0.15) is 5.10 Å². The lowest BCUT2D eigenvalue weighted by Gasteiger charge is -2.16. The third kappa shape index (κ3) is 5.10. The number of likely N-dealkylation sites (tertiary alicyclic amines) is 1. The van der Waals surface area contributed by atoms with Crippen molar-refractivity contribution >= 4 is 17.6 Å². The molecule has 3 rings (SSSR count). The molecule has 1 fully saturated rings. The molecule has 27 heavy (non-hydrogen) atoms. The maximum atomic E-state index is 12.3. The molecule has 0 saturated carbocycles. The van der Waals surface area contributed by atoms with E-state index in [-0.39, 0.29) is 17.7 Å². The van der Waals surface area contributed by atoms with Crippen molar-refractivity contribution in [3.05, 3.63) is 53.2 Å². The first-order valence-electron chi connectivity index (χ1n) is 9.26. The molecule has 7 nitrogen and oxygen atoms in total. The zero-order valence-corrected chi connectivity index (χ0v) is 15.7. The topological polar surface area (TPSA) is 87.2 Å². The van der Waals surface area contributed by atoms with Gasteiger partial charge in [0.05, 0.1) is 11.6 Å². The Morgan fingerprint density at radius 1 is 1.15 bits per heavy atom. The Hall–Kier alpha value is -2.80. The van der Waals surface area contributed by atoms with E-state index in [9.17, 15) is 9.59 Å². The van der Waals surface area contributed by atoms with Gasteiger partial charge in [-0.15, -0.1) is 5.10 Å². The fraction of sp³-hybridized carbons (Fsp3) is 0.400. The van der Waals surface area contributed by atoms with Crippen LogP contribution in [0.5, 0.6) is 0 Å². The van der Waals surface area contributed by atoms with Gasteiger partial charge in [0.2, 0.25) is 5.91 Å². The second-order valence-corrected chi connectivity index (χ2v) is 6.83. The van der Waals surface area contributed by atoms with Crippen molar-refractivity contribution in [2.75, 3.05) is 25.0 Å². The number of aromatic nitrogens is 2. The summed E-state index contributed by atoms with van der Waals surface area (Å²) < 4.78 is 0. The van der Waals surface area contributed by atoms with Gasteiger partial charge >= 0.3 is 0 Å². The molecule has 1 atom stereocenters. The van der Waals surface area contributed by atoms with E-state index in [0.717, 1.165) is 37.3 Å². The molecule has 1 aliphatic heterocycles. The molecule has 2 amide bonds. The van der Waals surface area contributed by atoms with Crippen molar-refractivity contribution in [1.82, 2.24) is 20.4 Å². The van der Waals surface area contributed by atoms with Crippen LogP contribution in [0.4, 0.5) is 5.82 Å². The van der Waals surface area contributed by atoms with Crippen LogP contribution in [0.25, 0.3) is 0 Å². The van der Waals surface area contributed by atoms with Gasteiger partial charge in [-0.1, -0.05) is 12.1 Å². The monoisotopic (exact) mass is 367 g/mol. The predicted molar refractivity (Wildman–Crippen MR) is 103 cm³/mol. The van der Waals surface area contributed by atoms with Crippen LogP contribution in [-0.2, 0) is 11.3 Å². The summed E-state index contributed by atoms with van der Waals surface area (Å²) in [5, 5.41) is 13.5. The highest BCUT2D eigenvalue weighted by molar-refractivity contribution is 6.03. The summed E-state index contributed by atoms with van der Waals surface area (Å²) in [6.45, 7) is 6.93. The minimum absolute atomic E-state index is 0.0746. The first kappa shape index (κ1) is 19.0. The van der Waals surface area contributed by atoms with E-state index >= 15 is 0 Å². The van der Waals surface area contributed by atoms with E-state index < -0.39 is 0 Å². The molecule has 1 aromatic heterocycles. The summed E-state index contributed by atoms with van der Waals surface area (Å²) in [4.78, 5) is 26.5. The molecule has 2 N–H and O–H groups in total. The van der Waals surface area contributed by atoms with Gasteiger partial charge < -0.3 is 10.6 Å². The Morgan fingerprint density at radius 3 is 2.59 bits per heavy atom. The number of amides is 2. The third-order valence-corrected chi connectivity index (χ3v) is 4.66. The molecule has 1 saturated heterocycles. The highest BCUT2D eigenvalue weighted by atomic mass is 16.2. The molecule has 0 unspecified atom stereocenters. The number of hydrogen-bond donors (Lipinski definition) is 2. The molecular weight excluding hydrogens is 342 g/mol. The number of nitrogens with zero attached hydrogens (tertiary/aromatic N) is 3. The molecule has 1 aliphatic rings. The first-order valence-corrected chi connectivity index (χ1v) is 9.26. The van der Waals surface area contributed by atoms with E-state index in [4.69, 9.17) is 0 Å². The zero-order chi connectivity index (χ0) is 19.2. The van der Waals surface area contributed by atoms with Crippen LogP contribution in [0.3, 0.4) is 0 Å². The average Bonchev–Trinajstić information content (AvgIpc) is 3.13. The molecule has 1 aromatic carbocycles. The Morgan fingerprint density at radius 2 is 1.93 bits per heavy atom. The SMILES string of the molecule is CCNC(=O)[C@@H]1CCN(Cc2ccc(C(=O)Nc3ccc(C)nn3)cc2)C1. The van der Waals surface area contributed by atoms with Crippen molar-refractivity contribution in [2.24, 2.45) is 5.92 Å². The van der Waals surface area contributed by atoms with Gasteiger partial charge in [0.15, 0.2) is 5.82 Å². The Kier molecular flexibility index (Phi) is 6.13. The fourth-order valence-corrected chi connectivity index (χ4v) is 3.18. The van der Waals surface area contributed by atoms with Crippen LogP contribution < -0.4 is 10.6 Å². The molecule has 0 radical (unpaired) electrons. The van der Waals surface area contributed by atoms with Crippen LogP contribution in [0.2, 0.25) is 0 Å². The molecule has 2 aromatic rings. The number of hydrogen-bond acceptors (Lipinski definition) is 5. The lowest BCUT2D eigenvalue weighted by molar-refractivity contribution is -0.124. The van der Waals surface area contributed by atoms with Crippen LogP contribution in [0, 0.1) is 12.8 Å². The molecule has 7 heteroatoms. The van der Waals surface area contributed by atoms with Gasteiger partial charge in [-0.25, -0.2) is 0 Å². The summed E-state index contributed by atoms with van der Waals surface area (Å²) in [7, 11) is 0. The number of anilines is 1. The quantitative estimate of drug-likeness (QED) is 0.815. The number of carbonyl (C=O) groups is 2. The predicted octanol–water partition coefficient (Wildman–Crippen LogP) is 2.00. The first-order chi connectivity index (χ1) is 13.0. The standard InChI is InChI=1S/C20H25N5O2/c1-3-21-19(26)17-10-11-25(13-17)12-15-5-7-16(8-6-15)20(27)22-18-9-4-14(2)23-24-18/h4-9,17H,3,10-13H2,1-2H3,(H,21,26)(H,22,24,27)/t17-/m1/s1. The van der Waals surface area contributed by atoms with Gasteiger partial charge in [-0.05, 0) is 56.6 Å². The number of carbonyl (C=O) groups excluding carboxylic acids is 2. The van der Waals surface area contributed by atoms with Gasteiger partial charge in [0.1, 0.15) is 0 Å². The zero-order valence-electron chi connectivity index (χ0n) is 15.7. The summed E-state index contributed by atoms with van der Waals surface area (Å²) >= 11 is 0. The van der Waals surface area contributed by atoms with Gasteiger partial charge in [0.25, 0.3) is 5.91 Å². The molecule has 0 bridgehead atoms. The van der Waals surface area contributed by atoms with E-state index in [2.05, 4.69) is 25.7 Å². The second kappa shape index (κ2) is 8.73.